The summed E-state index contributed by atoms with van der Waals surface area (Å²) >= 11 is 0. The third-order valence-corrected chi connectivity index (χ3v) is 4.14. The van der Waals surface area contributed by atoms with Crippen molar-refractivity contribution in [2.24, 2.45) is 0 Å². The summed E-state index contributed by atoms with van der Waals surface area (Å²) in [6.45, 7) is 3.54. The second-order valence-electron chi connectivity index (χ2n) is 5.91. The van der Waals surface area contributed by atoms with Crippen LogP contribution in [0.5, 0.6) is 5.75 Å². The quantitative estimate of drug-likeness (QED) is 0.760. The van der Waals surface area contributed by atoms with Crippen molar-refractivity contribution in [2.45, 2.75) is 51.5 Å². The van der Waals surface area contributed by atoms with Crippen molar-refractivity contribution in [3.05, 3.63) is 41.5 Å². The van der Waals surface area contributed by atoms with Gasteiger partial charge in [0.1, 0.15) is 5.75 Å². The molecule has 2 heteroatoms. The Bertz CT molecular complexity index is 422. The van der Waals surface area contributed by atoms with Crippen LogP contribution in [0.1, 0.15) is 44.6 Å². The molecule has 20 heavy (non-hydrogen) atoms. The Balaban J connectivity index is 1.68. The van der Waals surface area contributed by atoms with Gasteiger partial charge in [-0.25, -0.2) is 0 Å². The summed E-state index contributed by atoms with van der Waals surface area (Å²) in [5.74, 6) is 0.939. The van der Waals surface area contributed by atoms with Crippen LogP contribution in [0.2, 0.25) is 0 Å². The lowest BCUT2D eigenvalue weighted by atomic mass is 9.97. The largest absolute Gasteiger partial charge is 0.497 e. The number of hydrogen-bond acceptors (Lipinski definition) is 1. The van der Waals surface area contributed by atoms with Crippen LogP contribution in [-0.4, -0.2) is 19.7 Å². The van der Waals surface area contributed by atoms with Crippen molar-refractivity contribution < 1.29 is 10.1 Å². The van der Waals surface area contributed by atoms with Gasteiger partial charge in [-0.1, -0.05) is 23.8 Å². The standard InChI is InChI=1S/C18H27NO/c1-15(14-17-8-10-18(20-2)11-9-17)19-13-12-16-6-4-3-5-7-16/h6,8-11,15,19H,3-5,7,12-14H2,1-2H3/p+1/t15-/m0/s1. The molecule has 0 radical (unpaired) electrons. The average molecular weight is 274 g/mol. The molecule has 0 aliphatic heterocycles. The zero-order valence-corrected chi connectivity index (χ0v) is 12.9. The van der Waals surface area contributed by atoms with Gasteiger partial charge in [-0.3, -0.25) is 0 Å². The monoisotopic (exact) mass is 274 g/mol. The van der Waals surface area contributed by atoms with Crippen LogP contribution in [0, 0.1) is 0 Å². The van der Waals surface area contributed by atoms with Gasteiger partial charge in [0.05, 0.1) is 19.7 Å². The molecule has 0 aromatic heterocycles. The molecule has 2 nitrogen and oxygen atoms in total. The lowest BCUT2D eigenvalue weighted by Gasteiger charge is -2.14. The minimum absolute atomic E-state index is 0.646. The molecular formula is C18H28NO+. The van der Waals surface area contributed by atoms with Gasteiger partial charge in [-0.05, 0) is 50.3 Å². The van der Waals surface area contributed by atoms with E-state index in [4.69, 9.17) is 4.74 Å². The van der Waals surface area contributed by atoms with Crippen LogP contribution in [0.25, 0.3) is 0 Å². The lowest BCUT2D eigenvalue weighted by molar-refractivity contribution is -0.685. The van der Waals surface area contributed by atoms with Crippen LogP contribution in [0.3, 0.4) is 0 Å². The van der Waals surface area contributed by atoms with Crippen molar-refractivity contribution >= 4 is 0 Å². The fourth-order valence-corrected chi connectivity index (χ4v) is 2.90. The van der Waals surface area contributed by atoms with Crippen molar-refractivity contribution in [3.8, 4) is 5.75 Å². The Labute approximate surface area is 123 Å². The predicted octanol–water partition coefficient (Wildman–Crippen LogP) is 3.08. The highest BCUT2D eigenvalue weighted by Crippen LogP contribution is 2.19. The zero-order chi connectivity index (χ0) is 14.2. The molecule has 0 spiro atoms. The highest BCUT2D eigenvalue weighted by atomic mass is 16.5. The minimum Gasteiger partial charge on any atom is -0.497 e. The molecule has 0 unspecified atom stereocenters. The number of benzene rings is 1. The maximum atomic E-state index is 5.19. The van der Waals surface area contributed by atoms with E-state index in [2.05, 4.69) is 42.6 Å². The summed E-state index contributed by atoms with van der Waals surface area (Å²) in [5, 5.41) is 2.49. The highest BCUT2D eigenvalue weighted by Gasteiger charge is 2.08. The van der Waals surface area contributed by atoms with Gasteiger partial charge in [-0.2, -0.15) is 0 Å². The molecule has 0 bridgehead atoms. The summed E-state index contributed by atoms with van der Waals surface area (Å²) < 4.78 is 5.19. The Morgan fingerprint density at radius 1 is 1.20 bits per heavy atom. The van der Waals surface area contributed by atoms with Gasteiger partial charge in [0.25, 0.3) is 0 Å². The minimum atomic E-state index is 0.646. The molecule has 1 aliphatic rings. The average Bonchev–Trinajstić information content (AvgIpc) is 2.49. The van der Waals surface area contributed by atoms with Gasteiger partial charge in [-0.15, -0.1) is 0 Å². The van der Waals surface area contributed by atoms with E-state index in [0.717, 1.165) is 12.2 Å². The normalized spacial score (nSPS) is 16.6. The molecule has 2 N–H and O–H groups in total. The Morgan fingerprint density at radius 3 is 2.65 bits per heavy atom. The molecule has 1 aromatic carbocycles. The number of methoxy groups -OCH3 is 1. The molecule has 1 aromatic rings. The summed E-state index contributed by atoms with van der Waals surface area (Å²) in [4.78, 5) is 0. The molecule has 110 valence electrons. The van der Waals surface area contributed by atoms with E-state index in [1.54, 1.807) is 12.7 Å². The van der Waals surface area contributed by atoms with Crippen LogP contribution < -0.4 is 10.1 Å². The van der Waals surface area contributed by atoms with Gasteiger partial charge >= 0.3 is 0 Å². The first-order chi connectivity index (χ1) is 9.78. The summed E-state index contributed by atoms with van der Waals surface area (Å²) in [7, 11) is 1.71. The molecule has 1 atom stereocenters. The fraction of sp³-hybridized carbons (Fsp3) is 0.556. The second-order valence-corrected chi connectivity index (χ2v) is 5.91. The molecule has 0 saturated carbocycles. The maximum absolute atomic E-state index is 5.19. The van der Waals surface area contributed by atoms with Gasteiger partial charge in [0, 0.05) is 12.8 Å². The number of hydrogen-bond donors (Lipinski definition) is 1. The molecule has 1 aliphatic carbocycles. The molecule has 0 heterocycles. The van der Waals surface area contributed by atoms with E-state index >= 15 is 0 Å². The van der Waals surface area contributed by atoms with Gasteiger partial charge < -0.3 is 10.1 Å². The number of ether oxygens (including phenoxy) is 1. The zero-order valence-electron chi connectivity index (χ0n) is 12.9. The molecule has 0 fully saturated rings. The number of rotatable bonds is 7. The molecule has 0 saturated heterocycles. The van der Waals surface area contributed by atoms with E-state index in [9.17, 15) is 0 Å². The predicted molar refractivity (Wildman–Crippen MR) is 84.1 cm³/mol. The molecule has 2 rings (SSSR count). The van der Waals surface area contributed by atoms with E-state index in [-0.39, 0.29) is 0 Å². The van der Waals surface area contributed by atoms with E-state index < -0.39 is 0 Å². The van der Waals surface area contributed by atoms with Crippen molar-refractivity contribution in [1.82, 2.24) is 0 Å². The molecular weight excluding hydrogens is 246 g/mol. The van der Waals surface area contributed by atoms with Crippen molar-refractivity contribution in [2.75, 3.05) is 13.7 Å². The third kappa shape index (κ3) is 5.01. The molecule has 0 amide bonds. The Hall–Kier alpha value is -1.28. The number of allylic oxidation sites excluding steroid dienone is 1. The van der Waals surface area contributed by atoms with Crippen molar-refractivity contribution in [1.29, 1.82) is 0 Å². The van der Waals surface area contributed by atoms with E-state index in [1.807, 2.05) is 0 Å². The lowest BCUT2D eigenvalue weighted by Crippen LogP contribution is -2.89. The number of quaternary nitrogens is 1. The second kappa shape index (κ2) is 8.11. The Kier molecular flexibility index (Phi) is 6.13. The van der Waals surface area contributed by atoms with Crippen LogP contribution in [0.4, 0.5) is 0 Å². The summed E-state index contributed by atoms with van der Waals surface area (Å²) in [6, 6.07) is 9.09. The number of nitrogens with two attached hydrogens (primary N) is 1. The summed E-state index contributed by atoms with van der Waals surface area (Å²) in [5.41, 5.74) is 3.08. The van der Waals surface area contributed by atoms with E-state index in [1.165, 1.54) is 44.2 Å². The Morgan fingerprint density at radius 2 is 2.00 bits per heavy atom. The van der Waals surface area contributed by atoms with Crippen molar-refractivity contribution in [3.63, 3.8) is 0 Å². The van der Waals surface area contributed by atoms with Crippen LogP contribution in [-0.2, 0) is 6.42 Å². The SMILES string of the molecule is COc1ccc(C[C@H](C)[NH2+]CCC2=CCCCC2)cc1. The first kappa shape index (κ1) is 15.1. The fourth-order valence-electron chi connectivity index (χ4n) is 2.90. The summed E-state index contributed by atoms with van der Waals surface area (Å²) in [6.07, 6.45) is 10.3. The topological polar surface area (TPSA) is 25.8 Å². The smallest absolute Gasteiger partial charge is 0.118 e. The van der Waals surface area contributed by atoms with Gasteiger partial charge in [0.2, 0.25) is 0 Å². The first-order valence-electron chi connectivity index (χ1n) is 7.92. The van der Waals surface area contributed by atoms with Crippen LogP contribution in [0.15, 0.2) is 35.9 Å². The third-order valence-electron chi connectivity index (χ3n) is 4.14. The van der Waals surface area contributed by atoms with Gasteiger partial charge in [0.15, 0.2) is 0 Å². The highest BCUT2D eigenvalue weighted by molar-refractivity contribution is 5.27. The first-order valence-corrected chi connectivity index (χ1v) is 7.92. The van der Waals surface area contributed by atoms with E-state index in [0.29, 0.717) is 6.04 Å². The van der Waals surface area contributed by atoms with Crippen LogP contribution >= 0.6 is 0 Å². The maximum Gasteiger partial charge on any atom is 0.118 e.